The molecule has 2 aromatic carbocycles. The van der Waals surface area contributed by atoms with Crippen LogP contribution >= 0.6 is 0 Å². The van der Waals surface area contributed by atoms with Gasteiger partial charge < -0.3 is 39.7 Å². The van der Waals surface area contributed by atoms with Gasteiger partial charge in [-0.15, -0.1) is 0 Å². The SMILES string of the molecule is C[C@@H]1O[C@@H](O[C@H]2C[C@](O)(C(=O)CO)Cc3c(O)c4c(c(O)c32)C(=O)c2c(F)cccc2C4=O)C[C@H](N2CCOCC2)[C@@H]1O. The van der Waals surface area contributed by atoms with E-state index in [0.717, 1.165) is 6.07 Å². The predicted molar refractivity (Wildman–Crippen MR) is 143 cm³/mol. The number of aliphatic hydroxyl groups is 3. The maximum atomic E-state index is 14.7. The van der Waals surface area contributed by atoms with Gasteiger partial charge in [0.2, 0.25) is 5.78 Å². The Kier molecular flexibility index (Phi) is 7.62. The highest BCUT2D eigenvalue weighted by atomic mass is 19.1. The van der Waals surface area contributed by atoms with Gasteiger partial charge in [-0.1, -0.05) is 12.1 Å². The van der Waals surface area contributed by atoms with Gasteiger partial charge in [0, 0.05) is 55.1 Å². The van der Waals surface area contributed by atoms with Gasteiger partial charge in [0.15, 0.2) is 17.9 Å². The van der Waals surface area contributed by atoms with Crippen LogP contribution in [0.3, 0.4) is 0 Å². The van der Waals surface area contributed by atoms with Gasteiger partial charge in [-0.2, -0.15) is 0 Å². The van der Waals surface area contributed by atoms with Gasteiger partial charge in [0.05, 0.1) is 48.2 Å². The molecule has 2 aromatic rings. The number of morpholine rings is 1. The monoisotopic (exact) mass is 601 g/mol. The van der Waals surface area contributed by atoms with Crippen LogP contribution in [0.5, 0.6) is 11.5 Å². The summed E-state index contributed by atoms with van der Waals surface area (Å²) in [4.78, 5) is 41.7. The highest BCUT2D eigenvalue weighted by molar-refractivity contribution is 6.30. The van der Waals surface area contributed by atoms with E-state index in [4.69, 9.17) is 14.2 Å². The molecule has 2 aliphatic heterocycles. The quantitative estimate of drug-likeness (QED) is 0.256. The zero-order chi connectivity index (χ0) is 30.8. The third-order valence-corrected chi connectivity index (χ3v) is 9.01. The Morgan fingerprint density at radius 2 is 1.81 bits per heavy atom. The molecule has 0 radical (unpaired) electrons. The number of rotatable bonds is 5. The highest BCUT2D eigenvalue weighted by Crippen LogP contribution is 2.52. The van der Waals surface area contributed by atoms with Crippen molar-refractivity contribution in [1.29, 1.82) is 0 Å². The Morgan fingerprint density at radius 3 is 2.51 bits per heavy atom. The average Bonchev–Trinajstić information content (AvgIpc) is 2.99. The first kappa shape index (κ1) is 29.8. The average molecular weight is 602 g/mol. The number of fused-ring (bicyclic) bond motifs is 3. The second kappa shape index (κ2) is 11.0. The van der Waals surface area contributed by atoms with E-state index in [1.54, 1.807) is 6.92 Å². The van der Waals surface area contributed by atoms with E-state index in [1.807, 2.05) is 4.90 Å². The zero-order valence-electron chi connectivity index (χ0n) is 23.3. The lowest BCUT2D eigenvalue weighted by molar-refractivity contribution is -0.260. The number of phenolic OH excluding ortho intramolecular Hbond substituents is 2. The maximum absolute atomic E-state index is 14.7. The molecule has 0 bridgehead atoms. The Hall–Kier alpha value is -3.30. The first-order valence-electron chi connectivity index (χ1n) is 14.1. The molecule has 5 N–H and O–H groups in total. The lowest BCUT2D eigenvalue weighted by Crippen LogP contribution is -2.58. The molecule has 0 spiro atoms. The van der Waals surface area contributed by atoms with Gasteiger partial charge in [-0.25, -0.2) is 4.39 Å². The minimum absolute atomic E-state index is 0.150. The van der Waals surface area contributed by atoms with Crippen molar-refractivity contribution in [3.63, 3.8) is 0 Å². The molecule has 12 nitrogen and oxygen atoms in total. The Morgan fingerprint density at radius 1 is 1.12 bits per heavy atom. The molecule has 2 fully saturated rings. The predicted octanol–water partition coefficient (Wildman–Crippen LogP) is 0.505. The molecular formula is C30H32FNO11. The summed E-state index contributed by atoms with van der Waals surface area (Å²) < 4.78 is 32.3. The fourth-order valence-corrected chi connectivity index (χ4v) is 6.78. The van der Waals surface area contributed by atoms with Crippen LogP contribution in [0, 0.1) is 5.82 Å². The van der Waals surface area contributed by atoms with Crippen LogP contribution in [0.1, 0.15) is 68.8 Å². The van der Waals surface area contributed by atoms with Crippen LogP contribution in [0.25, 0.3) is 0 Å². The van der Waals surface area contributed by atoms with Crippen LogP contribution in [0.15, 0.2) is 18.2 Å². The molecular weight excluding hydrogens is 569 g/mol. The van der Waals surface area contributed by atoms with Crippen LogP contribution in [0.4, 0.5) is 4.39 Å². The van der Waals surface area contributed by atoms with Crippen LogP contribution in [0.2, 0.25) is 0 Å². The number of carbonyl (C=O) groups excluding carboxylic acids is 3. The van der Waals surface area contributed by atoms with Crippen molar-refractivity contribution in [3.05, 3.63) is 57.4 Å². The lowest BCUT2D eigenvalue weighted by atomic mass is 9.72. The van der Waals surface area contributed by atoms with E-state index in [9.17, 15) is 44.3 Å². The zero-order valence-corrected chi connectivity index (χ0v) is 23.3. The molecule has 6 rings (SSSR count). The molecule has 43 heavy (non-hydrogen) atoms. The Labute approximate surface area is 245 Å². The Bertz CT molecular complexity index is 1510. The number of hydrogen-bond acceptors (Lipinski definition) is 12. The highest BCUT2D eigenvalue weighted by Gasteiger charge is 2.50. The van der Waals surface area contributed by atoms with Crippen molar-refractivity contribution in [2.45, 2.75) is 62.4 Å². The van der Waals surface area contributed by atoms with Gasteiger partial charge in [0.1, 0.15) is 29.5 Å². The molecule has 2 heterocycles. The number of halogens is 1. The summed E-state index contributed by atoms with van der Waals surface area (Å²) in [7, 11) is 0. The Balaban J connectivity index is 1.44. The molecule has 0 unspecified atom stereocenters. The van der Waals surface area contributed by atoms with E-state index in [0.29, 0.717) is 26.3 Å². The molecule has 2 saturated heterocycles. The standard InChI is InChI=1S/C30H32FNO11/c1-13-25(35)17(32-5-7-41-8-6-32)9-20(42-13)43-18-11-30(40,19(34)12-33)10-15-22(18)29(39)24-23(27(15)37)26(36)14-3-2-4-16(31)21(14)28(24)38/h2-4,13,17-18,20,25,33,35,37,39-40H,5-12H2,1H3/t13-,17-,18-,20-,25+,30-/m0/s1. The summed E-state index contributed by atoms with van der Waals surface area (Å²) in [6.45, 7) is 2.70. The summed E-state index contributed by atoms with van der Waals surface area (Å²) in [5.41, 5.74) is -4.75. The number of hydrogen-bond donors (Lipinski definition) is 5. The van der Waals surface area contributed by atoms with Gasteiger partial charge in [-0.05, 0) is 13.0 Å². The number of aliphatic hydroxyl groups excluding tert-OH is 2. The summed E-state index contributed by atoms with van der Waals surface area (Å²) in [6.07, 6.45) is -4.95. The molecule has 4 aliphatic rings. The van der Waals surface area contributed by atoms with Crippen LogP contribution in [-0.4, -0.2) is 111 Å². The molecule has 0 aromatic heterocycles. The maximum Gasteiger partial charge on any atom is 0.201 e. The second-order valence-corrected chi connectivity index (χ2v) is 11.5. The smallest absolute Gasteiger partial charge is 0.201 e. The summed E-state index contributed by atoms with van der Waals surface area (Å²) in [6, 6.07) is 3.05. The van der Waals surface area contributed by atoms with E-state index in [1.165, 1.54) is 12.1 Å². The largest absolute Gasteiger partial charge is 0.507 e. The van der Waals surface area contributed by atoms with Crippen molar-refractivity contribution in [2.75, 3.05) is 32.9 Å². The topological polar surface area (TPSA) is 183 Å². The van der Waals surface area contributed by atoms with E-state index < -0.39 is 107 Å². The molecule has 230 valence electrons. The number of phenols is 2. The minimum atomic E-state index is -2.28. The molecule has 6 atom stereocenters. The fraction of sp³-hybridized carbons (Fsp3) is 0.500. The summed E-state index contributed by atoms with van der Waals surface area (Å²) >= 11 is 0. The van der Waals surface area contributed by atoms with Crippen molar-refractivity contribution in [3.8, 4) is 11.5 Å². The lowest BCUT2D eigenvalue weighted by Gasteiger charge is -2.46. The first-order valence-corrected chi connectivity index (χ1v) is 14.1. The van der Waals surface area contributed by atoms with E-state index in [2.05, 4.69) is 0 Å². The van der Waals surface area contributed by atoms with Crippen molar-refractivity contribution < 1.29 is 58.5 Å². The molecule has 13 heteroatoms. The van der Waals surface area contributed by atoms with Crippen LogP contribution < -0.4 is 0 Å². The van der Waals surface area contributed by atoms with Crippen LogP contribution in [-0.2, 0) is 25.4 Å². The minimum Gasteiger partial charge on any atom is -0.507 e. The van der Waals surface area contributed by atoms with Gasteiger partial charge in [0.25, 0.3) is 0 Å². The van der Waals surface area contributed by atoms with Crippen molar-refractivity contribution in [1.82, 2.24) is 4.90 Å². The number of ketones is 3. The van der Waals surface area contributed by atoms with E-state index >= 15 is 0 Å². The first-order chi connectivity index (χ1) is 20.5. The fourth-order valence-electron chi connectivity index (χ4n) is 6.78. The van der Waals surface area contributed by atoms with Crippen molar-refractivity contribution >= 4 is 17.3 Å². The second-order valence-electron chi connectivity index (χ2n) is 11.5. The number of ether oxygens (including phenoxy) is 3. The normalized spacial score (nSPS) is 30.9. The third kappa shape index (κ3) is 4.75. The number of aromatic hydroxyl groups is 2. The number of benzene rings is 2. The number of Topliss-reactive ketones (excluding diaryl/α,β-unsaturated/α-hetero) is 1. The number of carbonyl (C=O) groups is 3. The molecule has 2 aliphatic carbocycles. The van der Waals surface area contributed by atoms with Crippen molar-refractivity contribution in [2.24, 2.45) is 0 Å². The summed E-state index contributed by atoms with van der Waals surface area (Å²) in [5.74, 6) is -5.45. The molecule has 0 saturated carbocycles. The summed E-state index contributed by atoms with van der Waals surface area (Å²) in [5, 5.41) is 54.8. The number of nitrogens with zero attached hydrogens (tertiary/aromatic N) is 1. The van der Waals surface area contributed by atoms with Gasteiger partial charge >= 0.3 is 0 Å². The van der Waals surface area contributed by atoms with E-state index in [-0.39, 0.29) is 23.1 Å². The molecule has 0 amide bonds. The third-order valence-electron chi connectivity index (χ3n) is 9.01. The van der Waals surface area contributed by atoms with Gasteiger partial charge in [-0.3, -0.25) is 19.3 Å².